The topological polar surface area (TPSA) is 69.6 Å². The molecule has 0 bridgehead atoms. The molecular weight excluding hydrogens is 409 g/mol. The molecular formula is C23H23Cl2NO3. The van der Waals surface area contributed by atoms with Gasteiger partial charge >= 0.3 is 5.97 Å². The smallest absolute Gasteiger partial charge is 0.335 e. The van der Waals surface area contributed by atoms with Crippen LogP contribution in [0.4, 0.5) is 0 Å². The number of rotatable bonds is 8. The summed E-state index contributed by atoms with van der Waals surface area (Å²) in [5.41, 5.74) is 4.12. The third kappa shape index (κ3) is 6.58. The molecule has 0 aliphatic rings. The van der Waals surface area contributed by atoms with Gasteiger partial charge in [0, 0.05) is 11.6 Å². The zero-order valence-electron chi connectivity index (χ0n) is 15.7. The molecule has 0 aromatic heterocycles. The zero-order valence-corrected chi connectivity index (χ0v) is 17.3. The van der Waals surface area contributed by atoms with E-state index >= 15 is 0 Å². The fourth-order valence-corrected chi connectivity index (χ4v) is 3.20. The number of hydrogen-bond acceptors (Lipinski definition) is 3. The van der Waals surface area contributed by atoms with E-state index in [1.165, 1.54) is 5.56 Å². The summed E-state index contributed by atoms with van der Waals surface area (Å²) in [6.45, 7) is 1.20. The maximum atomic E-state index is 11.1. The van der Waals surface area contributed by atoms with E-state index < -0.39 is 12.1 Å². The Morgan fingerprint density at radius 2 is 1.69 bits per heavy atom. The third-order valence-corrected chi connectivity index (χ3v) is 4.79. The Bertz CT molecular complexity index is 945. The highest BCUT2D eigenvalue weighted by atomic mass is 35.5. The second kappa shape index (κ2) is 11.0. The lowest BCUT2D eigenvalue weighted by Gasteiger charge is -2.12. The second-order valence-corrected chi connectivity index (χ2v) is 7.04. The monoisotopic (exact) mass is 431 g/mol. The molecule has 4 nitrogen and oxygen atoms in total. The van der Waals surface area contributed by atoms with Gasteiger partial charge in [-0.15, -0.1) is 12.4 Å². The molecule has 0 aliphatic carbocycles. The minimum Gasteiger partial charge on any atom is -0.478 e. The molecule has 0 unspecified atom stereocenters. The van der Waals surface area contributed by atoms with Crippen LogP contribution in [0.25, 0.3) is 11.1 Å². The van der Waals surface area contributed by atoms with Crippen LogP contribution < -0.4 is 5.32 Å². The molecule has 0 spiro atoms. The molecule has 0 radical (unpaired) electrons. The number of nitrogens with one attached hydrogen (secondary N) is 1. The van der Waals surface area contributed by atoms with Gasteiger partial charge in [-0.05, 0) is 59.5 Å². The minimum atomic E-state index is -0.926. The van der Waals surface area contributed by atoms with E-state index in [0.717, 1.165) is 29.7 Å². The highest BCUT2D eigenvalue weighted by Gasteiger charge is 2.08. The van der Waals surface area contributed by atoms with Gasteiger partial charge in [0.2, 0.25) is 0 Å². The van der Waals surface area contributed by atoms with E-state index in [-0.39, 0.29) is 18.0 Å². The number of aromatic carboxylic acids is 1. The van der Waals surface area contributed by atoms with E-state index in [2.05, 4.69) is 5.32 Å². The lowest BCUT2D eigenvalue weighted by Crippen LogP contribution is -2.23. The predicted molar refractivity (Wildman–Crippen MR) is 119 cm³/mol. The number of aliphatic hydroxyl groups excluding tert-OH is 1. The molecule has 3 N–H and O–H groups in total. The average Bonchev–Trinajstić information content (AvgIpc) is 2.71. The molecule has 0 fully saturated rings. The first-order valence-electron chi connectivity index (χ1n) is 9.10. The van der Waals surface area contributed by atoms with Crippen LogP contribution >= 0.6 is 24.0 Å². The van der Waals surface area contributed by atoms with Crippen molar-refractivity contribution in [1.82, 2.24) is 5.32 Å². The summed E-state index contributed by atoms with van der Waals surface area (Å²) in [6.07, 6.45) is 0.236. The fourth-order valence-electron chi connectivity index (χ4n) is 3.00. The summed E-state index contributed by atoms with van der Waals surface area (Å²) in [7, 11) is 0. The van der Waals surface area contributed by atoms with E-state index in [1.807, 2.05) is 42.5 Å². The Kier molecular flexibility index (Phi) is 8.68. The van der Waals surface area contributed by atoms with Crippen LogP contribution in [0, 0.1) is 0 Å². The van der Waals surface area contributed by atoms with Crippen molar-refractivity contribution in [3.8, 4) is 11.1 Å². The molecule has 29 heavy (non-hydrogen) atoms. The van der Waals surface area contributed by atoms with Gasteiger partial charge in [0.15, 0.2) is 0 Å². The number of carboxylic acid groups (broad SMARTS) is 1. The lowest BCUT2D eigenvalue weighted by atomic mass is 10.0. The van der Waals surface area contributed by atoms with Crippen molar-refractivity contribution in [3.63, 3.8) is 0 Å². The summed E-state index contributed by atoms with van der Waals surface area (Å²) >= 11 is 5.95. The summed E-state index contributed by atoms with van der Waals surface area (Å²) in [4.78, 5) is 11.1. The Morgan fingerprint density at radius 3 is 2.38 bits per heavy atom. The average molecular weight is 432 g/mol. The number of carboxylic acids is 1. The fraction of sp³-hybridized carbons (Fsp3) is 0.174. The van der Waals surface area contributed by atoms with Gasteiger partial charge < -0.3 is 15.5 Å². The normalized spacial score (nSPS) is 11.5. The van der Waals surface area contributed by atoms with Crippen molar-refractivity contribution in [2.45, 2.75) is 12.5 Å². The molecule has 0 aliphatic heterocycles. The van der Waals surface area contributed by atoms with Crippen LogP contribution in [-0.4, -0.2) is 29.3 Å². The molecule has 0 amide bonds. The maximum absolute atomic E-state index is 11.1. The summed E-state index contributed by atoms with van der Waals surface area (Å²) in [5, 5.41) is 23.2. The molecule has 152 valence electrons. The van der Waals surface area contributed by atoms with E-state index in [4.69, 9.17) is 16.7 Å². The van der Waals surface area contributed by atoms with Gasteiger partial charge in [0.25, 0.3) is 0 Å². The SMILES string of the molecule is Cl.O=C(O)c1cccc(-c2ccc(CCNC[C@H](O)c3cccc(Cl)c3)cc2)c1. The standard InChI is InChI=1S/C23H22ClNO3.ClH/c24-21-6-2-4-19(14-21)22(26)15-25-12-11-16-7-9-17(10-8-16)18-3-1-5-20(13-18)23(27)28;/h1-10,13-14,22,25-26H,11-12,15H2,(H,27,28);1H/t22-;/m0./s1. The van der Waals surface area contributed by atoms with Crippen molar-refractivity contribution < 1.29 is 15.0 Å². The molecule has 0 heterocycles. The number of benzene rings is 3. The first kappa shape index (κ1) is 22.9. The lowest BCUT2D eigenvalue weighted by molar-refractivity contribution is 0.0697. The van der Waals surface area contributed by atoms with Crippen LogP contribution in [0.1, 0.15) is 27.6 Å². The number of aliphatic hydroxyl groups is 1. The van der Waals surface area contributed by atoms with E-state index in [0.29, 0.717) is 11.6 Å². The van der Waals surface area contributed by atoms with Gasteiger partial charge in [-0.3, -0.25) is 0 Å². The van der Waals surface area contributed by atoms with Crippen LogP contribution in [0.2, 0.25) is 5.02 Å². The minimum absolute atomic E-state index is 0. The van der Waals surface area contributed by atoms with Crippen LogP contribution in [0.5, 0.6) is 0 Å². The Morgan fingerprint density at radius 1 is 0.966 bits per heavy atom. The quantitative estimate of drug-likeness (QED) is 0.439. The summed E-state index contributed by atoms with van der Waals surface area (Å²) in [5.74, 6) is -0.926. The summed E-state index contributed by atoms with van der Waals surface area (Å²) in [6, 6.07) is 22.2. The number of hydrogen-bond donors (Lipinski definition) is 3. The second-order valence-electron chi connectivity index (χ2n) is 6.61. The molecule has 3 aromatic rings. The highest BCUT2D eigenvalue weighted by molar-refractivity contribution is 6.30. The number of halogens is 2. The van der Waals surface area contributed by atoms with Gasteiger partial charge in [-0.25, -0.2) is 4.79 Å². The number of carbonyl (C=O) groups is 1. The van der Waals surface area contributed by atoms with Crippen molar-refractivity contribution in [2.24, 2.45) is 0 Å². The first-order chi connectivity index (χ1) is 13.5. The van der Waals surface area contributed by atoms with E-state index in [9.17, 15) is 9.90 Å². The molecule has 0 saturated heterocycles. The van der Waals surface area contributed by atoms with Crippen LogP contribution in [0.15, 0.2) is 72.8 Å². The maximum Gasteiger partial charge on any atom is 0.335 e. The third-order valence-electron chi connectivity index (χ3n) is 4.56. The Balaban J connectivity index is 0.00000300. The van der Waals surface area contributed by atoms with Crippen molar-refractivity contribution >= 4 is 30.0 Å². The van der Waals surface area contributed by atoms with Crippen LogP contribution in [-0.2, 0) is 6.42 Å². The van der Waals surface area contributed by atoms with Gasteiger partial charge in [-0.1, -0.05) is 60.1 Å². The molecule has 3 aromatic carbocycles. The molecule has 0 saturated carbocycles. The Labute approximate surface area is 181 Å². The van der Waals surface area contributed by atoms with Crippen LogP contribution in [0.3, 0.4) is 0 Å². The first-order valence-corrected chi connectivity index (χ1v) is 9.47. The highest BCUT2D eigenvalue weighted by Crippen LogP contribution is 2.21. The van der Waals surface area contributed by atoms with Gasteiger partial charge in [0.1, 0.15) is 0 Å². The molecule has 1 atom stereocenters. The Hall–Kier alpha value is -2.37. The zero-order chi connectivity index (χ0) is 19.9. The summed E-state index contributed by atoms with van der Waals surface area (Å²) < 4.78 is 0. The van der Waals surface area contributed by atoms with E-state index in [1.54, 1.807) is 30.3 Å². The van der Waals surface area contributed by atoms with Crippen molar-refractivity contribution in [1.29, 1.82) is 0 Å². The molecule has 3 rings (SSSR count). The van der Waals surface area contributed by atoms with Gasteiger partial charge in [0.05, 0.1) is 11.7 Å². The van der Waals surface area contributed by atoms with Gasteiger partial charge in [-0.2, -0.15) is 0 Å². The molecule has 6 heteroatoms. The predicted octanol–water partition coefficient (Wildman–Crippen LogP) is 4.99. The largest absolute Gasteiger partial charge is 0.478 e. The van der Waals surface area contributed by atoms with Crippen molar-refractivity contribution in [3.05, 3.63) is 94.5 Å². The van der Waals surface area contributed by atoms with Crippen molar-refractivity contribution in [2.75, 3.05) is 13.1 Å².